The second-order valence-electron chi connectivity index (χ2n) is 4.44. The third-order valence-corrected chi connectivity index (χ3v) is 3.66. The van der Waals surface area contributed by atoms with Crippen molar-refractivity contribution in [2.75, 3.05) is 5.32 Å². The molecule has 0 aliphatic rings. The van der Waals surface area contributed by atoms with Crippen LogP contribution in [-0.2, 0) is 11.4 Å². The molecule has 5 nitrogen and oxygen atoms in total. The molecule has 1 amide bonds. The van der Waals surface area contributed by atoms with Crippen molar-refractivity contribution in [1.29, 1.82) is 0 Å². The molecule has 0 saturated heterocycles. The van der Waals surface area contributed by atoms with E-state index in [9.17, 15) is 18.0 Å². The molecule has 0 saturated carbocycles. The Hall–Kier alpha value is -2.16. The summed E-state index contributed by atoms with van der Waals surface area (Å²) in [5, 5.41) is 8.94. The van der Waals surface area contributed by atoms with Crippen LogP contribution in [0.1, 0.15) is 16.1 Å². The van der Waals surface area contributed by atoms with Crippen molar-refractivity contribution in [2.24, 2.45) is 0 Å². The summed E-state index contributed by atoms with van der Waals surface area (Å²) in [5.41, 5.74) is 2.03. The summed E-state index contributed by atoms with van der Waals surface area (Å²) in [7, 11) is 0. The molecule has 0 fully saturated rings. The summed E-state index contributed by atoms with van der Waals surface area (Å²) < 4.78 is 41.9. The minimum Gasteiger partial charge on any atom is -0.486 e. The number of hydrogen-bond acceptors (Lipinski definition) is 5. The van der Waals surface area contributed by atoms with Gasteiger partial charge in [-0.3, -0.25) is 10.1 Å². The Kier molecular flexibility index (Phi) is 4.65. The molecule has 0 aliphatic carbocycles. The maximum Gasteiger partial charge on any atom is 0.471 e. The molecular formula is C13H12F3N3O2S. The Morgan fingerprint density at radius 2 is 2.05 bits per heavy atom. The van der Waals surface area contributed by atoms with Crippen LogP contribution >= 0.6 is 11.3 Å². The third-order valence-electron chi connectivity index (χ3n) is 2.85. The van der Waals surface area contributed by atoms with Crippen LogP contribution in [-0.4, -0.2) is 22.3 Å². The van der Waals surface area contributed by atoms with Crippen molar-refractivity contribution in [3.8, 4) is 5.75 Å². The molecule has 22 heavy (non-hydrogen) atoms. The van der Waals surface area contributed by atoms with Crippen LogP contribution in [0, 0.1) is 13.8 Å². The molecule has 118 valence electrons. The van der Waals surface area contributed by atoms with Gasteiger partial charge in [-0.2, -0.15) is 13.2 Å². The van der Waals surface area contributed by atoms with E-state index in [-0.39, 0.29) is 11.7 Å². The number of aryl methyl sites for hydroxylation is 1. The first kappa shape index (κ1) is 16.2. The number of nitrogens with one attached hydrogen (secondary N) is 1. The van der Waals surface area contributed by atoms with Crippen LogP contribution in [0.4, 0.5) is 18.3 Å². The zero-order valence-electron chi connectivity index (χ0n) is 11.7. The second kappa shape index (κ2) is 6.30. The topological polar surface area (TPSA) is 64.1 Å². The monoisotopic (exact) mass is 331 g/mol. The fourth-order valence-electron chi connectivity index (χ4n) is 1.55. The number of carbonyl (C=O) groups is 1. The van der Waals surface area contributed by atoms with Gasteiger partial charge in [0.1, 0.15) is 12.4 Å². The van der Waals surface area contributed by atoms with E-state index in [1.54, 1.807) is 11.4 Å². The number of nitrogens with zero attached hydrogens (tertiary/aromatic N) is 2. The van der Waals surface area contributed by atoms with E-state index in [0.29, 0.717) is 10.8 Å². The molecule has 0 atom stereocenters. The minimum atomic E-state index is -4.96. The van der Waals surface area contributed by atoms with Crippen molar-refractivity contribution in [3.05, 3.63) is 34.3 Å². The molecule has 1 heterocycles. The van der Waals surface area contributed by atoms with Crippen molar-refractivity contribution in [3.63, 3.8) is 0 Å². The predicted molar refractivity (Wildman–Crippen MR) is 74.8 cm³/mol. The lowest BCUT2D eigenvalue weighted by Gasteiger charge is -2.09. The molecule has 2 rings (SSSR count). The zero-order chi connectivity index (χ0) is 16.3. The van der Waals surface area contributed by atoms with Crippen LogP contribution in [0.5, 0.6) is 5.75 Å². The van der Waals surface area contributed by atoms with E-state index in [2.05, 4.69) is 10.2 Å². The molecule has 0 bridgehead atoms. The largest absolute Gasteiger partial charge is 0.486 e. The highest BCUT2D eigenvalue weighted by Gasteiger charge is 2.39. The van der Waals surface area contributed by atoms with Gasteiger partial charge in [0.2, 0.25) is 5.13 Å². The van der Waals surface area contributed by atoms with Gasteiger partial charge in [0.25, 0.3) is 0 Å². The number of rotatable bonds is 4. The first-order valence-corrected chi connectivity index (χ1v) is 6.98. The van der Waals surface area contributed by atoms with Gasteiger partial charge < -0.3 is 4.74 Å². The van der Waals surface area contributed by atoms with E-state index in [0.717, 1.165) is 22.5 Å². The number of halogens is 3. The van der Waals surface area contributed by atoms with Gasteiger partial charge in [0, 0.05) is 0 Å². The first-order chi connectivity index (χ1) is 10.3. The predicted octanol–water partition coefficient (Wildman–Crippen LogP) is 3.23. The molecule has 0 aliphatic heterocycles. The SMILES string of the molecule is Cc1cccc(OCc2nnc(NC(=O)C(F)(F)F)s2)c1C. The van der Waals surface area contributed by atoms with Gasteiger partial charge in [-0.05, 0) is 31.0 Å². The zero-order valence-corrected chi connectivity index (χ0v) is 12.5. The third kappa shape index (κ3) is 3.94. The summed E-state index contributed by atoms with van der Waals surface area (Å²) in [6.45, 7) is 3.90. The van der Waals surface area contributed by atoms with Gasteiger partial charge in [0.05, 0.1) is 0 Å². The molecule has 1 aromatic carbocycles. The number of ether oxygens (including phenoxy) is 1. The summed E-state index contributed by atoms with van der Waals surface area (Å²) in [4.78, 5) is 10.8. The Balaban J connectivity index is 1.98. The van der Waals surface area contributed by atoms with Crippen molar-refractivity contribution >= 4 is 22.4 Å². The molecule has 0 radical (unpaired) electrons. The molecule has 2 aromatic rings. The highest BCUT2D eigenvalue weighted by Crippen LogP contribution is 2.24. The molecule has 9 heteroatoms. The van der Waals surface area contributed by atoms with Crippen LogP contribution in [0.15, 0.2) is 18.2 Å². The maximum absolute atomic E-state index is 12.1. The first-order valence-electron chi connectivity index (χ1n) is 6.17. The van der Waals surface area contributed by atoms with Crippen molar-refractivity contribution < 1.29 is 22.7 Å². The Morgan fingerprint density at radius 3 is 2.73 bits per heavy atom. The number of alkyl halides is 3. The Morgan fingerprint density at radius 1 is 1.32 bits per heavy atom. The van der Waals surface area contributed by atoms with Crippen LogP contribution in [0.2, 0.25) is 0 Å². The molecule has 1 aromatic heterocycles. The van der Waals surface area contributed by atoms with Gasteiger partial charge in [-0.15, -0.1) is 10.2 Å². The molecule has 1 N–H and O–H groups in total. The van der Waals surface area contributed by atoms with Gasteiger partial charge in [-0.25, -0.2) is 0 Å². The lowest BCUT2D eigenvalue weighted by molar-refractivity contribution is -0.167. The fraction of sp³-hybridized carbons (Fsp3) is 0.308. The average molecular weight is 331 g/mol. The second-order valence-corrected chi connectivity index (χ2v) is 5.50. The lowest BCUT2D eigenvalue weighted by Crippen LogP contribution is -2.29. The lowest BCUT2D eigenvalue weighted by atomic mass is 10.1. The number of benzene rings is 1. The minimum absolute atomic E-state index is 0.0594. The molecular weight excluding hydrogens is 319 g/mol. The maximum atomic E-state index is 12.1. The highest BCUT2D eigenvalue weighted by atomic mass is 32.1. The Bertz CT molecular complexity index is 685. The smallest absolute Gasteiger partial charge is 0.471 e. The number of carbonyl (C=O) groups excluding carboxylic acids is 1. The molecule has 0 unspecified atom stereocenters. The number of aromatic nitrogens is 2. The fourth-order valence-corrected chi connectivity index (χ4v) is 2.20. The van der Waals surface area contributed by atoms with Crippen molar-refractivity contribution in [2.45, 2.75) is 26.6 Å². The normalized spacial score (nSPS) is 11.3. The number of hydrogen-bond donors (Lipinski definition) is 1. The molecule has 0 spiro atoms. The number of anilines is 1. The van der Waals surface area contributed by atoms with E-state index in [4.69, 9.17) is 4.74 Å². The van der Waals surface area contributed by atoms with Gasteiger partial charge in [0.15, 0.2) is 5.01 Å². The summed E-state index contributed by atoms with van der Waals surface area (Å²) >= 11 is 0.827. The number of amides is 1. The Labute approximate surface area is 128 Å². The van der Waals surface area contributed by atoms with E-state index in [1.165, 1.54) is 0 Å². The average Bonchev–Trinajstić information content (AvgIpc) is 2.87. The van der Waals surface area contributed by atoms with Gasteiger partial charge in [-0.1, -0.05) is 23.5 Å². The summed E-state index contributed by atoms with van der Waals surface area (Å²) in [6.07, 6.45) is -4.96. The van der Waals surface area contributed by atoms with E-state index < -0.39 is 12.1 Å². The highest BCUT2D eigenvalue weighted by molar-refractivity contribution is 7.15. The van der Waals surface area contributed by atoms with Crippen LogP contribution < -0.4 is 10.1 Å². The standard InChI is InChI=1S/C13H12F3N3O2S/c1-7-4-3-5-9(8(7)2)21-6-10-18-19-12(22-10)17-11(20)13(14,15)16/h3-5H,6H2,1-2H3,(H,17,19,20). The quantitative estimate of drug-likeness (QED) is 0.934. The van der Waals surface area contributed by atoms with Crippen LogP contribution in [0.3, 0.4) is 0 Å². The van der Waals surface area contributed by atoms with Crippen molar-refractivity contribution in [1.82, 2.24) is 10.2 Å². The van der Waals surface area contributed by atoms with E-state index in [1.807, 2.05) is 26.0 Å². The van der Waals surface area contributed by atoms with E-state index >= 15 is 0 Å². The summed E-state index contributed by atoms with van der Waals surface area (Å²) in [6, 6.07) is 5.57. The van der Waals surface area contributed by atoms with Crippen LogP contribution in [0.25, 0.3) is 0 Å². The summed E-state index contributed by atoms with van der Waals surface area (Å²) in [5.74, 6) is -1.42. The van der Waals surface area contributed by atoms with Gasteiger partial charge >= 0.3 is 12.1 Å².